The highest BCUT2D eigenvalue weighted by molar-refractivity contribution is 6.68. The van der Waals surface area contributed by atoms with Crippen LogP contribution in [0.1, 0.15) is 31.8 Å². The van der Waals surface area contributed by atoms with Gasteiger partial charge in [0, 0.05) is 5.56 Å². The maximum Gasteiger partial charge on any atom is 0.417 e. The van der Waals surface area contributed by atoms with Crippen LogP contribution in [0.3, 0.4) is 0 Å². The van der Waals surface area contributed by atoms with Crippen LogP contribution in [0.4, 0.5) is 13.2 Å². The first-order chi connectivity index (χ1) is 7.82. The summed E-state index contributed by atoms with van der Waals surface area (Å²) in [5.74, 6) is 0. The van der Waals surface area contributed by atoms with Gasteiger partial charge in [0.25, 0.3) is 5.24 Å². The largest absolute Gasteiger partial charge is 0.417 e. The summed E-state index contributed by atoms with van der Waals surface area (Å²) in [5, 5.41) is 7.37. The third-order valence-corrected chi connectivity index (χ3v) is 2.17. The average molecular weight is 262 g/mol. The SMILES string of the molecule is N#Cc1c(C(F)(F)F)ccc(C=O)c1C(=O)Cl. The number of alkyl halides is 3. The van der Waals surface area contributed by atoms with Crippen molar-refractivity contribution < 1.29 is 22.8 Å². The Bertz CT molecular complexity index is 532. The van der Waals surface area contributed by atoms with Crippen molar-refractivity contribution in [1.29, 1.82) is 5.26 Å². The molecule has 0 heterocycles. The van der Waals surface area contributed by atoms with Crippen molar-refractivity contribution in [3.05, 3.63) is 34.4 Å². The zero-order valence-corrected chi connectivity index (χ0v) is 8.76. The summed E-state index contributed by atoms with van der Waals surface area (Å²) in [5.41, 5.74) is -3.31. The Balaban J connectivity index is 3.72. The highest BCUT2D eigenvalue weighted by Gasteiger charge is 2.36. The molecule has 0 radical (unpaired) electrons. The molecule has 0 atom stereocenters. The number of halogens is 4. The minimum absolute atomic E-state index is 0.163. The average Bonchev–Trinajstić information content (AvgIpc) is 2.25. The molecule has 3 nitrogen and oxygen atoms in total. The van der Waals surface area contributed by atoms with Gasteiger partial charge in [0.15, 0.2) is 6.29 Å². The summed E-state index contributed by atoms with van der Waals surface area (Å²) in [6.45, 7) is 0. The number of benzene rings is 1. The topological polar surface area (TPSA) is 57.9 Å². The van der Waals surface area contributed by atoms with Gasteiger partial charge in [-0.2, -0.15) is 18.4 Å². The van der Waals surface area contributed by atoms with Crippen molar-refractivity contribution in [2.75, 3.05) is 0 Å². The van der Waals surface area contributed by atoms with E-state index in [1.54, 1.807) is 0 Å². The zero-order valence-electron chi connectivity index (χ0n) is 8.01. The van der Waals surface area contributed by atoms with Gasteiger partial charge in [0.05, 0.1) is 16.7 Å². The van der Waals surface area contributed by atoms with Crippen LogP contribution in [0.15, 0.2) is 12.1 Å². The maximum absolute atomic E-state index is 12.5. The summed E-state index contributed by atoms with van der Waals surface area (Å²) in [6.07, 6.45) is -4.63. The Kier molecular flexibility index (Phi) is 3.53. The molecule has 0 aliphatic carbocycles. The molecule has 0 unspecified atom stereocenters. The number of aldehydes is 1. The number of nitriles is 1. The first-order valence-electron chi connectivity index (χ1n) is 4.12. The minimum atomic E-state index is -4.80. The molecular weight excluding hydrogens is 259 g/mol. The number of nitrogens with zero attached hydrogens (tertiary/aromatic N) is 1. The monoisotopic (exact) mass is 261 g/mol. The molecule has 0 saturated carbocycles. The third kappa shape index (κ3) is 2.45. The van der Waals surface area contributed by atoms with Gasteiger partial charge in [-0.25, -0.2) is 0 Å². The molecule has 0 N–H and O–H groups in total. The van der Waals surface area contributed by atoms with Gasteiger partial charge in [-0.3, -0.25) is 9.59 Å². The summed E-state index contributed by atoms with van der Waals surface area (Å²) in [7, 11) is 0. The second-order valence-corrected chi connectivity index (χ2v) is 3.30. The van der Waals surface area contributed by atoms with E-state index in [9.17, 15) is 22.8 Å². The molecule has 1 rings (SSSR count). The Morgan fingerprint density at radius 3 is 2.35 bits per heavy atom. The second kappa shape index (κ2) is 4.55. The van der Waals surface area contributed by atoms with Gasteiger partial charge in [-0.15, -0.1) is 0 Å². The van der Waals surface area contributed by atoms with Crippen molar-refractivity contribution in [3.8, 4) is 6.07 Å². The van der Waals surface area contributed by atoms with Crippen LogP contribution in [0.5, 0.6) is 0 Å². The zero-order chi connectivity index (χ0) is 13.2. The summed E-state index contributed by atoms with van der Waals surface area (Å²) in [4.78, 5) is 21.5. The van der Waals surface area contributed by atoms with Gasteiger partial charge in [-0.1, -0.05) is 6.07 Å². The van der Waals surface area contributed by atoms with E-state index in [1.165, 1.54) is 6.07 Å². The maximum atomic E-state index is 12.5. The van der Waals surface area contributed by atoms with Crippen molar-refractivity contribution in [2.24, 2.45) is 0 Å². The fourth-order valence-corrected chi connectivity index (χ4v) is 1.48. The number of hydrogen-bond acceptors (Lipinski definition) is 3. The molecular formula is C10H3ClF3NO2. The summed E-state index contributed by atoms with van der Waals surface area (Å²) >= 11 is 5.08. The smallest absolute Gasteiger partial charge is 0.298 e. The van der Waals surface area contributed by atoms with E-state index in [0.29, 0.717) is 6.07 Å². The Hall–Kier alpha value is -1.87. The second-order valence-electron chi connectivity index (χ2n) is 2.95. The molecule has 0 spiro atoms. The lowest BCUT2D eigenvalue weighted by molar-refractivity contribution is -0.137. The first-order valence-corrected chi connectivity index (χ1v) is 4.50. The van der Waals surface area contributed by atoms with Crippen molar-refractivity contribution in [1.82, 2.24) is 0 Å². The lowest BCUT2D eigenvalue weighted by Gasteiger charge is -2.11. The van der Waals surface area contributed by atoms with E-state index in [2.05, 4.69) is 0 Å². The quantitative estimate of drug-likeness (QED) is 0.607. The molecule has 0 amide bonds. The highest BCUT2D eigenvalue weighted by Crippen LogP contribution is 2.34. The number of carbonyl (C=O) groups excluding carboxylic acids is 2. The lowest BCUT2D eigenvalue weighted by atomic mass is 9.97. The van der Waals surface area contributed by atoms with Gasteiger partial charge in [-0.05, 0) is 17.7 Å². The molecule has 17 heavy (non-hydrogen) atoms. The molecule has 0 bridgehead atoms. The van der Waals surface area contributed by atoms with Gasteiger partial charge in [0.1, 0.15) is 6.07 Å². The van der Waals surface area contributed by atoms with Crippen molar-refractivity contribution >= 4 is 23.1 Å². The number of carbonyl (C=O) groups is 2. The lowest BCUT2D eigenvalue weighted by Crippen LogP contribution is -2.12. The molecule has 0 saturated heterocycles. The molecule has 1 aromatic carbocycles. The normalized spacial score (nSPS) is 10.8. The molecule has 0 fully saturated rings. The third-order valence-electron chi connectivity index (χ3n) is 1.98. The predicted octanol–water partition coefficient (Wildman–Crippen LogP) is 2.77. The highest BCUT2D eigenvalue weighted by atomic mass is 35.5. The van der Waals surface area contributed by atoms with E-state index in [4.69, 9.17) is 16.9 Å². The summed E-state index contributed by atoms with van der Waals surface area (Å²) in [6, 6.07) is 2.60. The van der Waals surface area contributed by atoms with E-state index in [1.807, 2.05) is 0 Å². The van der Waals surface area contributed by atoms with Gasteiger partial charge >= 0.3 is 6.18 Å². The van der Waals surface area contributed by atoms with E-state index >= 15 is 0 Å². The van der Waals surface area contributed by atoms with E-state index in [0.717, 1.165) is 6.07 Å². The van der Waals surface area contributed by atoms with Gasteiger partial charge in [0.2, 0.25) is 0 Å². The predicted molar refractivity (Wildman–Crippen MR) is 51.7 cm³/mol. The van der Waals surface area contributed by atoms with Crippen LogP contribution in [0.25, 0.3) is 0 Å². The van der Waals surface area contributed by atoms with Crippen LogP contribution in [0.2, 0.25) is 0 Å². The fourth-order valence-electron chi connectivity index (χ4n) is 1.28. The van der Waals surface area contributed by atoms with Crippen LogP contribution >= 0.6 is 11.6 Å². The molecule has 7 heteroatoms. The number of rotatable bonds is 2. The Morgan fingerprint density at radius 2 is 2.00 bits per heavy atom. The molecule has 1 aromatic rings. The minimum Gasteiger partial charge on any atom is -0.298 e. The van der Waals surface area contributed by atoms with Crippen LogP contribution in [0, 0.1) is 11.3 Å². The molecule has 0 aliphatic rings. The molecule has 0 aliphatic heterocycles. The van der Waals surface area contributed by atoms with Crippen LogP contribution in [-0.4, -0.2) is 11.5 Å². The molecule has 0 aromatic heterocycles. The van der Waals surface area contributed by atoms with Crippen molar-refractivity contribution in [3.63, 3.8) is 0 Å². The fraction of sp³-hybridized carbons (Fsp3) is 0.100. The van der Waals surface area contributed by atoms with E-state index in [-0.39, 0.29) is 11.8 Å². The van der Waals surface area contributed by atoms with Gasteiger partial charge < -0.3 is 0 Å². The first kappa shape index (κ1) is 13.2. The Labute approximate surface area is 98.4 Å². The standard InChI is InChI=1S/C10H3ClF3NO2/c11-9(17)8-5(4-16)1-2-7(6(8)3-15)10(12,13)14/h1-2,4H. The Morgan fingerprint density at radius 1 is 1.41 bits per heavy atom. The van der Waals surface area contributed by atoms with Crippen LogP contribution < -0.4 is 0 Å². The van der Waals surface area contributed by atoms with Crippen molar-refractivity contribution in [2.45, 2.75) is 6.18 Å². The molecule has 88 valence electrons. The van der Waals surface area contributed by atoms with Crippen LogP contribution in [-0.2, 0) is 6.18 Å². The van der Waals surface area contributed by atoms with E-state index < -0.39 is 28.1 Å². The summed E-state index contributed by atoms with van der Waals surface area (Å²) < 4.78 is 37.6. The number of hydrogen-bond donors (Lipinski definition) is 0.